The lowest BCUT2D eigenvalue weighted by Gasteiger charge is -2.29. The molecule has 1 aliphatic carbocycles. The van der Waals surface area contributed by atoms with Crippen LogP contribution in [0.2, 0.25) is 0 Å². The molecule has 0 radical (unpaired) electrons. The number of nitrogens with one attached hydrogen (secondary N) is 1. The quantitative estimate of drug-likeness (QED) is 0.542. The molecule has 0 saturated carbocycles. The zero-order valence-corrected chi connectivity index (χ0v) is 17.1. The van der Waals surface area contributed by atoms with Gasteiger partial charge in [0.15, 0.2) is 0 Å². The molecule has 2 aliphatic rings. The molecule has 1 fully saturated rings. The third-order valence-corrected chi connectivity index (χ3v) is 5.86. The number of fused-ring (bicyclic) bond motifs is 1. The maximum atomic E-state index is 14.1. The number of rotatable bonds is 7. The molecular weight excluding hydrogens is 389 g/mol. The van der Waals surface area contributed by atoms with Crippen molar-refractivity contribution < 1.29 is 23.6 Å². The zero-order valence-electron chi connectivity index (χ0n) is 17.1. The van der Waals surface area contributed by atoms with Crippen molar-refractivity contribution in [3.8, 4) is 0 Å². The van der Waals surface area contributed by atoms with Gasteiger partial charge in [0.25, 0.3) is 0 Å². The second-order valence-electron chi connectivity index (χ2n) is 7.64. The zero-order chi connectivity index (χ0) is 21.8. The molecule has 1 saturated heterocycles. The number of amides is 4. The Morgan fingerprint density at radius 1 is 1.17 bits per heavy atom. The second-order valence-corrected chi connectivity index (χ2v) is 7.64. The van der Waals surface area contributed by atoms with Crippen LogP contribution in [0.5, 0.6) is 0 Å². The average Bonchev–Trinajstić information content (AvgIpc) is 3.00. The summed E-state index contributed by atoms with van der Waals surface area (Å²) < 4.78 is 14.1. The van der Waals surface area contributed by atoms with Gasteiger partial charge in [0, 0.05) is 32.1 Å². The summed E-state index contributed by atoms with van der Waals surface area (Å²) in [4.78, 5) is 52.7. The number of nitrogens with zero attached hydrogens (tertiary/aromatic N) is 2. The standard InChI is InChI=1S/C22H26FN3O4/c1-14(20(28)24-2)26(13-15-7-3-6-10-18(15)23)19(27)11-12-25-21(29)16-8-4-5-9-17(16)22(25)30/h3-7,10,14,16-17H,8-9,11-13H2,1-2H3,(H,24,28)/t14-,16-,17+/m0/s1. The fourth-order valence-corrected chi connectivity index (χ4v) is 4.04. The Morgan fingerprint density at radius 3 is 2.33 bits per heavy atom. The van der Waals surface area contributed by atoms with Crippen molar-refractivity contribution in [2.45, 2.75) is 38.8 Å². The minimum Gasteiger partial charge on any atom is -0.357 e. The highest BCUT2D eigenvalue weighted by Gasteiger charge is 2.47. The largest absolute Gasteiger partial charge is 0.357 e. The van der Waals surface area contributed by atoms with Crippen LogP contribution in [-0.2, 0) is 25.7 Å². The van der Waals surface area contributed by atoms with Crippen molar-refractivity contribution in [1.29, 1.82) is 0 Å². The number of carbonyl (C=O) groups is 4. The Hall–Kier alpha value is -3.03. The summed E-state index contributed by atoms with van der Waals surface area (Å²) >= 11 is 0. The predicted molar refractivity (Wildman–Crippen MR) is 107 cm³/mol. The van der Waals surface area contributed by atoms with Crippen LogP contribution >= 0.6 is 0 Å². The smallest absolute Gasteiger partial charge is 0.242 e. The Bertz CT molecular complexity index is 859. The Balaban J connectivity index is 1.71. The van der Waals surface area contributed by atoms with Gasteiger partial charge in [-0.2, -0.15) is 0 Å². The van der Waals surface area contributed by atoms with Gasteiger partial charge in [0.2, 0.25) is 23.6 Å². The van der Waals surface area contributed by atoms with E-state index in [-0.39, 0.29) is 54.6 Å². The Kier molecular flexibility index (Phi) is 6.64. The van der Waals surface area contributed by atoms with Crippen LogP contribution in [0.25, 0.3) is 0 Å². The SMILES string of the molecule is CNC(=O)[C@H](C)N(Cc1ccccc1F)C(=O)CCN1C(=O)[C@H]2CC=CC[C@H]2C1=O. The van der Waals surface area contributed by atoms with Crippen LogP contribution in [0.3, 0.4) is 0 Å². The van der Waals surface area contributed by atoms with Crippen LogP contribution < -0.4 is 5.32 Å². The molecule has 0 unspecified atom stereocenters. The van der Waals surface area contributed by atoms with Crippen molar-refractivity contribution in [2.24, 2.45) is 11.8 Å². The van der Waals surface area contributed by atoms with Gasteiger partial charge in [-0.05, 0) is 25.8 Å². The van der Waals surface area contributed by atoms with Gasteiger partial charge in [0.1, 0.15) is 11.9 Å². The second kappa shape index (κ2) is 9.19. The maximum Gasteiger partial charge on any atom is 0.242 e. The van der Waals surface area contributed by atoms with E-state index in [0.29, 0.717) is 12.8 Å². The highest BCUT2D eigenvalue weighted by molar-refractivity contribution is 6.05. The Morgan fingerprint density at radius 2 is 1.77 bits per heavy atom. The van der Waals surface area contributed by atoms with Crippen LogP contribution in [-0.4, -0.2) is 53.1 Å². The average molecular weight is 415 g/mol. The van der Waals surface area contributed by atoms with Crippen LogP contribution in [0.15, 0.2) is 36.4 Å². The predicted octanol–water partition coefficient (Wildman–Crippen LogP) is 1.63. The normalized spacial score (nSPS) is 21.4. The molecule has 1 heterocycles. The van der Waals surface area contributed by atoms with Crippen molar-refractivity contribution in [1.82, 2.24) is 15.1 Å². The number of halogens is 1. The van der Waals surface area contributed by atoms with E-state index in [1.807, 2.05) is 12.2 Å². The van der Waals surface area contributed by atoms with Crippen molar-refractivity contribution in [3.05, 3.63) is 47.8 Å². The summed E-state index contributed by atoms with van der Waals surface area (Å²) in [6, 6.07) is 5.21. The molecule has 4 amide bonds. The van der Waals surface area contributed by atoms with Gasteiger partial charge in [-0.3, -0.25) is 24.1 Å². The van der Waals surface area contributed by atoms with Crippen molar-refractivity contribution in [3.63, 3.8) is 0 Å². The van der Waals surface area contributed by atoms with E-state index in [1.165, 1.54) is 18.0 Å². The number of allylic oxidation sites excluding steroid dienone is 2. The molecule has 0 aromatic heterocycles. The number of likely N-dealkylation sites (tertiary alicyclic amines) is 1. The number of hydrogen-bond acceptors (Lipinski definition) is 4. The molecule has 1 aromatic carbocycles. The van der Waals surface area contributed by atoms with Crippen LogP contribution in [0, 0.1) is 17.7 Å². The molecule has 1 aromatic rings. The maximum absolute atomic E-state index is 14.1. The molecule has 0 spiro atoms. The van der Waals surface area contributed by atoms with E-state index in [2.05, 4.69) is 5.32 Å². The summed E-state index contributed by atoms with van der Waals surface area (Å²) in [5.41, 5.74) is 0.284. The van der Waals surface area contributed by atoms with E-state index in [1.54, 1.807) is 25.1 Å². The van der Waals surface area contributed by atoms with Crippen molar-refractivity contribution in [2.75, 3.05) is 13.6 Å². The van der Waals surface area contributed by atoms with E-state index >= 15 is 0 Å². The van der Waals surface area contributed by atoms with Gasteiger partial charge < -0.3 is 10.2 Å². The van der Waals surface area contributed by atoms with Crippen LogP contribution in [0.4, 0.5) is 4.39 Å². The van der Waals surface area contributed by atoms with Crippen LogP contribution in [0.1, 0.15) is 31.7 Å². The van der Waals surface area contributed by atoms with E-state index in [0.717, 1.165) is 4.90 Å². The monoisotopic (exact) mass is 415 g/mol. The lowest BCUT2D eigenvalue weighted by atomic mass is 9.85. The molecule has 0 bridgehead atoms. The number of benzene rings is 1. The minimum absolute atomic E-state index is 0.0439. The molecule has 1 N–H and O–H groups in total. The number of carbonyl (C=O) groups excluding carboxylic acids is 4. The highest BCUT2D eigenvalue weighted by Crippen LogP contribution is 2.35. The van der Waals surface area contributed by atoms with Gasteiger partial charge >= 0.3 is 0 Å². The Labute approximate surface area is 174 Å². The molecular formula is C22H26FN3O4. The van der Waals surface area contributed by atoms with E-state index in [4.69, 9.17) is 0 Å². The summed E-state index contributed by atoms with van der Waals surface area (Å²) in [5, 5.41) is 2.49. The highest BCUT2D eigenvalue weighted by atomic mass is 19.1. The third kappa shape index (κ3) is 4.27. The summed E-state index contributed by atoms with van der Waals surface area (Å²) in [6.45, 7) is 1.43. The molecule has 30 heavy (non-hydrogen) atoms. The fourth-order valence-electron chi connectivity index (χ4n) is 4.04. The number of likely N-dealkylation sites (N-methyl/N-ethyl adjacent to an activating group) is 1. The van der Waals surface area contributed by atoms with Crippen molar-refractivity contribution >= 4 is 23.6 Å². The molecule has 1 aliphatic heterocycles. The molecule has 7 nitrogen and oxygen atoms in total. The lowest BCUT2D eigenvalue weighted by molar-refractivity contribution is -0.143. The number of hydrogen-bond donors (Lipinski definition) is 1. The molecule has 160 valence electrons. The first kappa shape index (κ1) is 21.7. The summed E-state index contributed by atoms with van der Waals surface area (Å²) in [5.74, 6) is -2.48. The third-order valence-electron chi connectivity index (χ3n) is 5.86. The topological polar surface area (TPSA) is 86.8 Å². The summed E-state index contributed by atoms with van der Waals surface area (Å²) in [6.07, 6.45) is 4.75. The molecule has 3 atom stereocenters. The van der Waals surface area contributed by atoms with Gasteiger partial charge in [-0.1, -0.05) is 30.4 Å². The first-order valence-corrected chi connectivity index (χ1v) is 10.1. The summed E-state index contributed by atoms with van der Waals surface area (Å²) in [7, 11) is 1.46. The molecule has 3 rings (SSSR count). The first-order valence-electron chi connectivity index (χ1n) is 10.1. The number of imide groups is 1. The fraction of sp³-hybridized carbons (Fsp3) is 0.455. The molecule has 8 heteroatoms. The van der Waals surface area contributed by atoms with E-state index < -0.39 is 17.8 Å². The first-order chi connectivity index (χ1) is 14.3. The minimum atomic E-state index is -0.834. The van der Waals surface area contributed by atoms with E-state index in [9.17, 15) is 23.6 Å². The van der Waals surface area contributed by atoms with Gasteiger partial charge in [-0.25, -0.2) is 4.39 Å². The van der Waals surface area contributed by atoms with Gasteiger partial charge in [0.05, 0.1) is 11.8 Å². The lowest BCUT2D eigenvalue weighted by Crippen LogP contribution is -2.47. The van der Waals surface area contributed by atoms with Gasteiger partial charge in [-0.15, -0.1) is 0 Å².